The van der Waals surface area contributed by atoms with Crippen LogP contribution >= 0.6 is 0 Å². The van der Waals surface area contributed by atoms with Crippen LogP contribution < -0.4 is 0 Å². The van der Waals surface area contributed by atoms with Crippen molar-refractivity contribution in [1.82, 2.24) is 0 Å². The van der Waals surface area contributed by atoms with Crippen molar-refractivity contribution in [3.8, 4) is 0 Å². The van der Waals surface area contributed by atoms with Gasteiger partial charge in [0.25, 0.3) is 0 Å². The minimum atomic E-state index is 0.462. The number of allylic oxidation sites excluding steroid dienone is 2. The Bertz CT molecular complexity index is 124. The zero-order valence-electron chi connectivity index (χ0n) is 9.19. The van der Waals surface area contributed by atoms with Crippen LogP contribution in [0.15, 0.2) is 12.2 Å². The first-order valence-electron chi connectivity index (χ1n) is 5.32. The molecule has 0 saturated heterocycles. The first-order valence-corrected chi connectivity index (χ1v) is 5.32. The van der Waals surface area contributed by atoms with E-state index in [4.69, 9.17) is 0 Å². The molecule has 12 heavy (non-hydrogen) atoms. The van der Waals surface area contributed by atoms with Gasteiger partial charge in [-0.15, -0.1) is 0 Å². The van der Waals surface area contributed by atoms with Gasteiger partial charge in [0, 0.05) is 0 Å². The zero-order valence-corrected chi connectivity index (χ0v) is 9.19. The Balaban J connectivity index is 3.79. The van der Waals surface area contributed by atoms with Gasteiger partial charge in [-0.1, -0.05) is 52.2 Å². The standard InChI is InChI=1S/C12H24/c1-5-8-9-11-12(4,7-3)10-6-2/h6,10H,5,7-9,11H2,1-4H3. The molecular formula is C12H24. The van der Waals surface area contributed by atoms with Crippen LogP contribution in [0, 0.1) is 5.41 Å². The summed E-state index contributed by atoms with van der Waals surface area (Å²) in [5.41, 5.74) is 0.462. The molecule has 0 fully saturated rings. The van der Waals surface area contributed by atoms with E-state index in [0.29, 0.717) is 5.41 Å². The van der Waals surface area contributed by atoms with Crippen molar-refractivity contribution >= 4 is 0 Å². The highest BCUT2D eigenvalue weighted by Gasteiger charge is 2.16. The van der Waals surface area contributed by atoms with Gasteiger partial charge in [0.05, 0.1) is 0 Å². The van der Waals surface area contributed by atoms with Gasteiger partial charge in [0.15, 0.2) is 0 Å². The molecule has 0 radical (unpaired) electrons. The maximum Gasteiger partial charge on any atom is -0.0149 e. The van der Waals surface area contributed by atoms with E-state index in [-0.39, 0.29) is 0 Å². The molecule has 0 nitrogen and oxygen atoms in total. The Labute approximate surface area is 78.1 Å². The average molecular weight is 168 g/mol. The first kappa shape index (κ1) is 11.7. The molecule has 0 aromatic carbocycles. The van der Waals surface area contributed by atoms with E-state index in [1.807, 2.05) is 0 Å². The summed E-state index contributed by atoms with van der Waals surface area (Å²) >= 11 is 0. The largest absolute Gasteiger partial charge is 0.0911 e. The quantitative estimate of drug-likeness (QED) is 0.403. The van der Waals surface area contributed by atoms with E-state index in [2.05, 4.69) is 39.8 Å². The lowest BCUT2D eigenvalue weighted by Gasteiger charge is -2.23. The molecule has 0 amide bonds. The summed E-state index contributed by atoms with van der Waals surface area (Å²) in [6.07, 6.45) is 11.3. The average Bonchev–Trinajstić information content (AvgIpc) is 2.06. The van der Waals surface area contributed by atoms with E-state index in [1.54, 1.807) is 0 Å². The van der Waals surface area contributed by atoms with Crippen molar-refractivity contribution in [2.75, 3.05) is 0 Å². The second-order valence-electron chi connectivity index (χ2n) is 3.96. The Morgan fingerprint density at radius 1 is 1.17 bits per heavy atom. The van der Waals surface area contributed by atoms with Crippen molar-refractivity contribution in [3.63, 3.8) is 0 Å². The van der Waals surface area contributed by atoms with E-state index in [0.717, 1.165) is 0 Å². The second-order valence-corrected chi connectivity index (χ2v) is 3.96. The molecule has 1 unspecified atom stereocenters. The van der Waals surface area contributed by atoms with Gasteiger partial charge in [0.1, 0.15) is 0 Å². The fourth-order valence-corrected chi connectivity index (χ4v) is 1.56. The fourth-order valence-electron chi connectivity index (χ4n) is 1.56. The molecule has 0 heteroatoms. The van der Waals surface area contributed by atoms with Crippen LogP contribution in [0.4, 0.5) is 0 Å². The number of hydrogen-bond donors (Lipinski definition) is 0. The van der Waals surface area contributed by atoms with Crippen LogP contribution in [0.2, 0.25) is 0 Å². The Morgan fingerprint density at radius 2 is 1.83 bits per heavy atom. The summed E-state index contributed by atoms with van der Waals surface area (Å²) in [5, 5.41) is 0. The van der Waals surface area contributed by atoms with Crippen molar-refractivity contribution < 1.29 is 0 Å². The van der Waals surface area contributed by atoms with Gasteiger partial charge in [-0.05, 0) is 25.2 Å². The molecule has 0 N–H and O–H groups in total. The van der Waals surface area contributed by atoms with E-state index < -0.39 is 0 Å². The molecule has 0 rings (SSSR count). The second kappa shape index (κ2) is 6.28. The fraction of sp³-hybridized carbons (Fsp3) is 0.833. The van der Waals surface area contributed by atoms with Gasteiger partial charge in [-0.25, -0.2) is 0 Å². The van der Waals surface area contributed by atoms with E-state index in [1.165, 1.54) is 32.1 Å². The third kappa shape index (κ3) is 4.58. The SMILES string of the molecule is CC=CC(C)(CC)CCCCC. The minimum Gasteiger partial charge on any atom is -0.0911 e. The number of unbranched alkanes of at least 4 members (excludes halogenated alkanes) is 2. The zero-order chi connectivity index (χ0) is 9.45. The molecule has 0 spiro atoms. The molecule has 0 aliphatic heterocycles. The topological polar surface area (TPSA) is 0 Å². The maximum absolute atomic E-state index is 2.36. The molecule has 0 aliphatic rings. The van der Waals surface area contributed by atoms with Gasteiger partial charge in [0.2, 0.25) is 0 Å². The van der Waals surface area contributed by atoms with E-state index >= 15 is 0 Å². The first-order chi connectivity index (χ1) is 5.68. The highest BCUT2D eigenvalue weighted by atomic mass is 14.2. The summed E-state index contributed by atoms with van der Waals surface area (Å²) in [4.78, 5) is 0. The lowest BCUT2D eigenvalue weighted by molar-refractivity contribution is 0.359. The number of hydrogen-bond acceptors (Lipinski definition) is 0. The van der Waals surface area contributed by atoms with Gasteiger partial charge >= 0.3 is 0 Å². The molecular weight excluding hydrogens is 144 g/mol. The lowest BCUT2D eigenvalue weighted by Crippen LogP contribution is -2.11. The Morgan fingerprint density at radius 3 is 2.25 bits per heavy atom. The summed E-state index contributed by atoms with van der Waals surface area (Å²) in [5.74, 6) is 0. The third-order valence-electron chi connectivity index (χ3n) is 2.73. The number of rotatable bonds is 6. The van der Waals surface area contributed by atoms with E-state index in [9.17, 15) is 0 Å². The predicted octanol–water partition coefficient (Wildman–Crippen LogP) is 4.56. The molecule has 0 bridgehead atoms. The van der Waals surface area contributed by atoms with Gasteiger partial charge in [-0.2, -0.15) is 0 Å². The van der Waals surface area contributed by atoms with Crippen molar-refractivity contribution in [2.24, 2.45) is 5.41 Å². The molecule has 0 heterocycles. The van der Waals surface area contributed by atoms with Gasteiger partial charge < -0.3 is 0 Å². The maximum atomic E-state index is 2.36. The normalized spacial score (nSPS) is 16.7. The summed E-state index contributed by atoms with van der Waals surface area (Å²) in [7, 11) is 0. The Kier molecular flexibility index (Phi) is 6.14. The van der Waals surface area contributed by atoms with Crippen LogP contribution in [0.5, 0.6) is 0 Å². The van der Waals surface area contributed by atoms with Gasteiger partial charge in [-0.3, -0.25) is 0 Å². The van der Waals surface area contributed by atoms with Crippen LogP contribution in [-0.4, -0.2) is 0 Å². The molecule has 0 aromatic heterocycles. The molecule has 0 saturated carbocycles. The summed E-state index contributed by atoms with van der Waals surface area (Å²) < 4.78 is 0. The predicted molar refractivity (Wildman–Crippen MR) is 57.4 cm³/mol. The molecule has 0 aromatic rings. The van der Waals surface area contributed by atoms with Crippen LogP contribution in [0.3, 0.4) is 0 Å². The monoisotopic (exact) mass is 168 g/mol. The Hall–Kier alpha value is -0.260. The van der Waals surface area contributed by atoms with Crippen LogP contribution in [0.25, 0.3) is 0 Å². The van der Waals surface area contributed by atoms with Crippen LogP contribution in [-0.2, 0) is 0 Å². The van der Waals surface area contributed by atoms with Crippen molar-refractivity contribution in [1.29, 1.82) is 0 Å². The van der Waals surface area contributed by atoms with Crippen molar-refractivity contribution in [3.05, 3.63) is 12.2 Å². The lowest BCUT2D eigenvalue weighted by atomic mass is 9.82. The third-order valence-corrected chi connectivity index (χ3v) is 2.73. The highest BCUT2D eigenvalue weighted by Crippen LogP contribution is 2.29. The molecule has 1 atom stereocenters. The van der Waals surface area contributed by atoms with Crippen molar-refractivity contribution in [2.45, 2.75) is 59.8 Å². The van der Waals surface area contributed by atoms with Crippen LogP contribution in [0.1, 0.15) is 59.8 Å². The molecule has 0 aliphatic carbocycles. The smallest absolute Gasteiger partial charge is 0.0149 e. The summed E-state index contributed by atoms with van der Waals surface area (Å²) in [6.45, 7) is 9.03. The summed E-state index contributed by atoms with van der Waals surface area (Å²) in [6, 6.07) is 0. The highest BCUT2D eigenvalue weighted by molar-refractivity contribution is 4.94. The molecule has 72 valence electrons. The minimum absolute atomic E-state index is 0.462.